The Kier molecular flexibility index (Phi) is 2.25. The number of nitriles is 1. The molecular formula is C5H6N4OS. The maximum absolute atomic E-state index is 8.59. The zero-order chi connectivity index (χ0) is 8.27. The summed E-state index contributed by atoms with van der Waals surface area (Å²) < 4.78 is 8.63. The highest BCUT2D eigenvalue weighted by Crippen LogP contribution is 2.27. The van der Waals surface area contributed by atoms with Gasteiger partial charge in [-0.05, 0) is 11.5 Å². The molecule has 1 heterocycles. The predicted molar refractivity (Wildman–Crippen MR) is 41.2 cm³/mol. The summed E-state index contributed by atoms with van der Waals surface area (Å²) in [7, 11) is 1.45. The van der Waals surface area contributed by atoms with Gasteiger partial charge in [0, 0.05) is 0 Å². The number of hydrazine groups is 1. The lowest BCUT2D eigenvalue weighted by atomic mass is 10.4. The molecule has 0 radical (unpaired) electrons. The Labute approximate surface area is 67.5 Å². The number of hydrogen-bond donors (Lipinski definition) is 2. The first-order valence-corrected chi connectivity index (χ1v) is 3.51. The lowest BCUT2D eigenvalue weighted by Crippen LogP contribution is -2.06. The molecule has 0 saturated carbocycles. The second-order valence-electron chi connectivity index (χ2n) is 1.65. The van der Waals surface area contributed by atoms with Crippen LogP contribution in [0.4, 0.5) is 5.00 Å². The van der Waals surface area contributed by atoms with Crippen LogP contribution in [-0.4, -0.2) is 11.5 Å². The average Bonchev–Trinajstić information content (AvgIpc) is 2.45. The summed E-state index contributed by atoms with van der Waals surface area (Å²) in [5, 5.41) is 9.11. The lowest BCUT2D eigenvalue weighted by Gasteiger charge is -1.93. The molecule has 1 aromatic heterocycles. The summed E-state index contributed by atoms with van der Waals surface area (Å²) in [6.45, 7) is 0. The van der Waals surface area contributed by atoms with Gasteiger partial charge in [0.25, 0.3) is 0 Å². The van der Waals surface area contributed by atoms with E-state index < -0.39 is 0 Å². The quantitative estimate of drug-likeness (QED) is 0.493. The Morgan fingerprint density at radius 2 is 2.55 bits per heavy atom. The first-order valence-electron chi connectivity index (χ1n) is 2.73. The molecule has 58 valence electrons. The van der Waals surface area contributed by atoms with E-state index >= 15 is 0 Å². The van der Waals surface area contributed by atoms with Crippen LogP contribution in [0.15, 0.2) is 0 Å². The number of anilines is 1. The van der Waals surface area contributed by atoms with E-state index in [4.69, 9.17) is 15.8 Å². The first-order chi connectivity index (χ1) is 5.33. The Morgan fingerprint density at radius 1 is 1.82 bits per heavy atom. The third kappa shape index (κ3) is 1.24. The molecule has 0 aliphatic heterocycles. The number of nitrogens with two attached hydrogens (primary N) is 1. The van der Waals surface area contributed by atoms with E-state index in [-0.39, 0.29) is 0 Å². The van der Waals surface area contributed by atoms with Gasteiger partial charge < -0.3 is 10.2 Å². The third-order valence-corrected chi connectivity index (χ3v) is 1.86. The smallest absolute Gasteiger partial charge is 0.245 e. The third-order valence-electron chi connectivity index (χ3n) is 1.10. The van der Waals surface area contributed by atoms with Crippen molar-refractivity contribution in [2.24, 2.45) is 5.84 Å². The van der Waals surface area contributed by atoms with E-state index in [1.807, 2.05) is 6.07 Å². The second kappa shape index (κ2) is 3.18. The molecule has 11 heavy (non-hydrogen) atoms. The molecule has 0 fully saturated rings. The molecule has 0 bridgehead atoms. The molecule has 0 aromatic carbocycles. The van der Waals surface area contributed by atoms with Gasteiger partial charge in [0.15, 0.2) is 5.56 Å². The molecule has 0 unspecified atom stereocenters. The van der Waals surface area contributed by atoms with E-state index in [1.165, 1.54) is 7.11 Å². The van der Waals surface area contributed by atoms with Crippen molar-refractivity contribution in [1.82, 2.24) is 4.37 Å². The van der Waals surface area contributed by atoms with Gasteiger partial charge in [-0.2, -0.15) is 9.64 Å². The molecule has 0 aliphatic carbocycles. The van der Waals surface area contributed by atoms with Gasteiger partial charge in [0.05, 0.1) is 7.11 Å². The van der Waals surface area contributed by atoms with E-state index in [0.29, 0.717) is 16.4 Å². The van der Waals surface area contributed by atoms with Crippen LogP contribution in [0, 0.1) is 11.3 Å². The van der Waals surface area contributed by atoms with Gasteiger partial charge in [0.1, 0.15) is 11.1 Å². The van der Waals surface area contributed by atoms with Crippen LogP contribution in [0.1, 0.15) is 5.56 Å². The Bertz CT molecular complexity index is 268. The molecule has 3 N–H and O–H groups in total. The highest BCUT2D eigenvalue weighted by Gasteiger charge is 2.11. The van der Waals surface area contributed by atoms with Crippen molar-refractivity contribution in [3.63, 3.8) is 0 Å². The highest BCUT2D eigenvalue weighted by atomic mass is 32.1. The largest absolute Gasteiger partial charge is 0.479 e. The Morgan fingerprint density at radius 3 is 3.00 bits per heavy atom. The highest BCUT2D eigenvalue weighted by molar-refractivity contribution is 7.10. The van der Waals surface area contributed by atoms with Gasteiger partial charge in [-0.3, -0.25) is 0 Å². The van der Waals surface area contributed by atoms with Gasteiger partial charge in [0.2, 0.25) is 5.88 Å². The van der Waals surface area contributed by atoms with Crippen LogP contribution in [-0.2, 0) is 0 Å². The van der Waals surface area contributed by atoms with Crippen molar-refractivity contribution in [2.45, 2.75) is 0 Å². The number of aromatic nitrogens is 1. The number of methoxy groups -OCH3 is 1. The van der Waals surface area contributed by atoms with Gasteiger partial charge in [-0.15, -0.1) is 0 Å². The number of nitrogens with one attached hydrogen (secondary N) is 1. The van der Waals surface area contributed by atoms with Crippen molar-refractivity contribution >= 4 is 16.5 Å². The number of rotatable bonds is 2. The van der Waals surface area contributed by atoms with Crippen LogP contribution in [0.3, 0.4) is 0 Å². The molecule has 1 rings (SSSR count). The van der Waals surface area contributed by atoms with Crippen molar-refractivity contribution in [1.29, 1.82) is 5.26 Å². The lowest BCUT2D eigenvalue weighted by molar-refractivity contribution is 0.401. The summed E-state index contributed by atoms with van der Waals surface area (Å²) in [5.74, 6) is 5.42. The molecule has 0 spiro atoms. The number of hydrogen-bond acceptors (Lipinski definition) is 6. The Hall–Kier alpha value is -1.32. The summed E-state index contributed by atoms with van der Waals surface area (Å²) >= 11 is 1.09. The number of ether oxygens (including phenoxy) is 1. The molecule has 6 heteroatoms. The molecule has 1 aromatic rings. The van der Waals surface area contributed by atoms with Crippen LogP contribution in [0.25, 0.3) is 0 Å². The van der Waals surface area contributed by atoms with Crippen molar-refractivity contribution < 1.29 is 4.74 Å². The van der Waals surface area contributed by atoms with Crippen molar-refractivity contribution in [2.75, 3.05) is 12.5 Å². The second-order valence-corrected chi connectivity index (χ2v) is 2.43. The monoisotopic (exact) mass is 170 g/mol. The topological polar surface area (TPSA) is 84.0 Å². The minimum absolute atomic E-state index is 0.311. The zero-order valence-corrected chi connectivity index (χ0v) is 6.60. The van der Waals surface area contributed by atoms with Crippen molar-refractivity contribution in [3.05, 3.63) is 5.56 Å². The summed E-state index contributed by atoms with van der Waals surface area (Å²) in [6.07, 6.45) is 0. The fourth-order valence-electron chi connectivity index (χ4n) is 0.612. The van der Waals surface area contributed by atoms with Gasteiger partial charge in [-0.25, -0.2) is 5.84 Å². The van der Waals surface area contributed by atoms with Crippen LogP contribution in [0.2, 0.25) is 0 Å². The van der Waals surface area contributed by atoms with Crippen LogP contribution in [0.5, 0.6) is 5.88 Å². The molecule has 0 atom stereocenters. The SMILES string of the molecule is COc1nsc(NN)c1C#N. The van der Waals surface area contributed by atoms with E-state index in [1.54, 1.807) is 0 Å². The molecule has 0 aliphatic rings. The molecule has 0 amide bonds. The maximum Gasteiger partial charge on any atom is 0.245 e. The number of nitrogen functional groups attached to an aromatic ring is 1. The Balaban J connectivity index is 3.12. The minimum Gasteiger partial charge on any atom is -0.479 e. The van der Waals surface area contributed by atoms with Gasteiger partial charge in [-0.1, -0.05) is 0 Å². The minimum atomic E-state index is 0.311. The standard InChI is InChI=1S/C5H6N4OS/c1-10-4-3(2-6)5(8-7)11-9-4/h8H,7H2,1H3. The normalized spacial score (nSPS) is 8.82. The van der Waals surface area contributed by atoms with Crippen molar-refractivity contribution in [3.8, 4) is 11.9 Å². The van der Waals surface area contributed by atoms with E-state index in [2.05, 4.69) is 9.80 Å². The summed E-state index contributed by atoms with van der Waals surface area (Å²) in [4.78, 5) is 0. The first kappa shape index (κ1) is 7.78. The molecule has 0 saturated heterocycles. The fraction of sp³-hybridized carbons (Fsp3) is 0.200. The summed E-state index contributed by atoms with van der Waals surface area (Å²) in [5.41, 5.74) is 2.70. The fourth-order valence-corrected chi connectivity index (χ4v) is 1.23. The van der Waals surface area contributed by atoms with Gasteiger partial charge >= 0.3 is 0 Å². The van der Waals surface area contributed by atoms with Crippen LogP contribution < -0.4 is 16.0 Å². The molecule has 5 nitrogen and oxygen atoms in total. The van der Waals surface area contributed by atoms with E-state index in [9.17, 15) is 0 Å². The predicted octanol–water partition coefficient (Wildman–Crippen LogP) is 0.309. The number of nitrogens with zero attached hydrogens (tertiary/aromatic N) is 2. The average molecular weight is 170 g/mol. The maximum atomic E-state index is 8.59. The van der Waals surface area contributed by atoms with E-state index in [0.717, 1.165) is 11.5 Å². The summed E-state index contributed by atoms with van der Waals surface area (Å²) in [6, 6.07) is 1.93. The zero-order valence-electron chi connectivity index (χ0n) is 5.79. The van der Waals surface area contributed by atoms with Crippen LogP contribution >= 0.6 is 11.5 Å². The molecular weight excluding hydrogens is 164 g/mol.